The smallest absolute Gasteiger partial charge is 0.259 e. The minimum atomic E-state index is -0.155. The van der Waals surface area contributed by atoms with Gasteiger partial charge in [-0.2, -0.15) is 5.10 Å². The van der Waals surface area contributed by atoms with Crippen molar-refractivity contribution in [1.29, 1.82) is 0 Å². The molecule has 4 heteroatoms. The molecule has 1 amide bonds. The first-order valence-corrected chi connectivity index (χ1v) is 8.54. The molecule has 1 heterocycles. The maximum atomic E-state index is 12.8. The second-order valence-electron chi connectivity index (χ2n) is 6.38. The van der Waals surface area contributed by atoms with Gasteiger partial charge in [-0.3, -0.25) is 4.79 Å². The fraction of sp³-hybridized carbons (Fsp3) is 0.0909. The SMILES string of the molecule is Cc1cccc(-n2ncc(C(=O)Nc3cccc4ccccc34)c2C)c1. The molecule has 0 fully saturated rings. The van der Waals surface area contributed by atoms with E-state index in [0.717, 1.165) is 33.4 Å². The second kappa shape index (κ2) is 6.48. The number of nitrogens with one attached hydrogen (secondary N) is 1. The lowest BCUT2D eigenvalue weighted by atomic mass is 10.1. The third-order valence-corrected chi connectivity index (χ3v) is 4.54. The molecule has 0 aliphatic heterocycles. The van der Waals surface area contributed by atoms with Gasteiger partial charge in [0.25, 0.3) is 5.91 Å². The fourth-order valence-electron chi connectivity index (χ4n) is 3.18. The highest BCUT2D eigenvalue weighted by Gasteiger charge is 2.16. The lowest BCUT2D eigenvalue weighted by Gasteiger charge is -2.09. The van der Waals surface area contributed by atoms with Crippen molar-refractivity contribution in [2.45, 2.75) is 13.8 Å². The van der Waals surface area contributed by atoms with Crippen LogP contribution in [-0.4, -0.2) is 15.7 Å². The molecule has 3 aromatic carbocycles. The number of fused-ring (bicyclic) bond motifs is 1. The standard InChI is InChI=1S/C22H19N3O/c1-15-7-5-10-18(13-15)25-16(2)20(14-23-25)22(26)24-21-12-6-9-17-8-3-4-11-19(17)21/h3-14H,1-2H3,(H,24,26). The Morgan fingerprint density at radius 3 is 2.58 bits per heavy atom. The van der Waals surface area contributed by atoms with E-state index in [1.807, 2.05) is 80.6 Å². The third-order valence-electron chi connectivity index (χ3n) is 4.54. The largest absolute Gasteiger partial charge is 0.321 e. The number of carbonyl (C=O) groups is 1. The van der Waals surface area contributed by atoms with E-state index in [9.17, 15) is 4.79 Å². The van der Waals surface area contributed by atoms with Crippen molar-refractivity contribution in [2.24, 2.45) is 0 Å². The monoisotopic (exact) mass is 341 g/mol. The molecule has 0 unspecified atom stereocenters. The van der Waals surface area contributed by atoms with Gasteiger partial charge in [-0.25, -0.2) is 4.68 Å². The number of hydrogen-bond donors (Lipinski definition) is 1. The first-order valence-electron chi connectivity index (χ1n) is 8.54. The van der Waals surface area contributed by atoms with Crippen LogP contribution in [-0.2, 0) is 0 Å². The van der Waals surface area contributed by atoms with Crippen LogP contribution in [0.25, 0.3) is 16.5 Å². The molecule has 0 radical (unpaired) electrons. The minimum absolute atomic E-state index is 0.155. The predicted octanol–water partition coefficient (Wildman–Crippen LogP) is 4.89. The Labute approximate surface area is 152 Å². The molecule has 4 rings (SSSR count). The number of amides is 1. The number of rotatable bonds is 3. The van der Waals surface area contributed by atoms with Crippen molar-refractivity contribution in [3.05, 3.63) is 89.7 Å². The molecule has 0 spiro atoms. The number of hydrogen-bond acceptors (Lipinski definition) is 2. The molecule has 0 aliphatic rings. The Bertz CT molecular complexity index is 1110. The Kier molecular flexibility index (Phi) is 4.01. The van der Waals surface area contributed by atoms with Gasteiger partial charge >= 0.3 is 0 Å². The number of carbonyl (C=O) groups excluding carboxylic acids is 1. The van der Waals surface area contributed by atoms with Gasteiger partial charge in [0.1, 0.15) is 0 Å². The van der Waals surface area contributed by atoms with Crippen LogP contribution >= 0.6 is 0 Å². The number of nitrogens with zero attached hydrogens (tertiary/aromatic N) is 2. The predicted molar refractivity (Wildman–Crippen MR) is 105 cm³/mol. The molecule has 4 nitrogen and oxygen atoms in total. The first kappa shape index (κ1) is 16.1. The Balaban J connectivity index is 1.67. The van der Waals surface area contributed by atoms with Gasteiger partial charge in [0.2, 0.25) is 0 Å². The van der Waals surface area contributed by atoms with Crippen molar-refractivity contribution in [1.82, 2.24) is 9.78 Å². The lowest BCUT2D eigenvalue weighted by Crippen LogP contribution is -2.13. The summed E-state index contributed by atoms with van der Waals surface area (Å²) in [6.45, 7) is 3.95. The molecule has 26 heavy (non-hydrogen) atoms. The Morgan fingerprint density at radius 1 is 0.962 bits per heavy atom. The molecule has 0 saturated carbocycles. The van der Waals surface area contributed by atoms with E-state index in [1.165, 1.54) is 0 Å². The molecule has 0 aliphatic carbocycles. The van der Waals surface area contributed by atoms with E-state index < -0.39 is 0 Å². The fourth-order valence-corrected chi connectivity index (χ4v) is 3.18. The summed E-state index contributed by atoms with van der Waals surface area (Å²) < 4.78 is 1.80. The van der Waals surface area contributed by atoms with Crippen LogP contribution in [0.15, 0.2) is 72.9 Å². The number of aromatic nitrogens is 2. The van der Waals surface area contributed by atoms with E-state index in [2.05, 4.69) is 10.4 Å². The van der Waals surface area contributed by atoms with Crippen molar-refractivity contribution >= 4 is 22.4 Å². The quantitative estimate of drug-likeness (QED) is 0.576. The normalized spacial score (nSPS) is 10.8. The molecule has 1 N–H and O–H groups in total. The van der Waals surface area contributed by atoms with Crippen molar-refractivity contribution in [3.63, 3.8) is 0 Å². The average Bonchev–Trinajstić information content (AvgIpc) is 3.03. The number of aryl methyl sites for hydroxylation is 1. The van der Waals surface area contributed by atoms with Gasteiger partial charge in [0.05, 0.1) is 23.1 Å². The zero-order chi connectivity index (χ0) is 18.1. The van der Waals surface area contributed by atoms with Gasteiger partial charge < -0.3 is 5.32 Å². The Morgan fingerprint density at radius 2 is 1.73 bits per heavy atom. The van der Waals surface area contributed by atoms with Crippen LogP contribution in [0.2, 0.25) is 0 Å². The summed E-state index contributed by atoms with van der Waals surface area (Å²) >= 11 is 0. The van der Waals surface area contributed by atoms with Crippen molar-refractivity contribution in [2.75, 3.05) is 5.32 Å². The van der Waals surface area contributed by atoms with Crippen LogP contribution in [0.4, 0.5) is 5.69 Å². The van der Waals surface area contributed by atoms with E-state index >= 15 is 0 Å². The summed E-state index contributed by atoms with van der Waals surface area (Å²) in [7, 11) is 0. The van der Waals surface area contributed by atoms with Crippen LogP contribution in [0.5, 0.6) is 0 Å². The molecule has 4 aromatic rings. The van der Waals surface area contributed by atoms with Crippen molar-refractivity contribution < 1.29 is 4.79 Å². The maximum absolute atomic E-state index is 12.8. The van der Waals surface area contributed by atoms with Gasteiger partial charge in [-0.15, -0.1) is 0 Å². The zero-order valence-corrected chi connectivity index (χ0v) is 14.7. The summed E-state index contributed by atoms with van der Waals surface area (Å²) in [6.07, 6.45) is 1.62. The average molecular weight is 341 g/mol. The highest BCUT2D eigenvalue weighted by Crippen LogP contribution is 2.24. The number of anilines is 1. The van der Waals surface area contributed by atoms with Gasteiger partial charge in [0, 0.05) is 11.1 Å². The molecular weight excluding hydrogens is 322 g/mol. The van der Waals surface area contributed by atoms with Gasteiger partial charge in [-0.1, -0.05) is 48.5 Å². The molecule has 0 bridgehead atoms. The van der Waals surface area contributed by atoms with Gasteiger partial charge in [0.15, 0.2) is 0 Å². The van der Waals surface area contributed by atoms with E-state index in [1.54, 1.807) is 10.9 Å². The Hall–Kier alpha value is -3.40. The van der Waals surface area contributed by atoms with E-state index in [4.69, 9.17) is 0 Å². The summed E-state index contributed by atoms with van der Waals surface area (Å²) in [5.74, 6) is -0.155. The topological polar surface area (TPSA) is 46.9 Å². The second-order valence-corrected chi connectivity index (χ2v) is 6.38. The van der Waals surface area contributed by atoms with Gasteiger partial charge in [-0.05, 0) is 43.0 Å². The van der Waals surface area contributed by atoms with Crippen LogP contribution in [0, 0.1) is 13.8 Å². The maximum Gasteiger partial charge on any atom is 0.259 e. The summed E-state index contributed by atoms with van der Waals surface area (Å²) in [4.78, 5) is 12.8. The molecule has 1 aromatic heterocycles. The highest BCUT2D eigenvalue weighted by molar-refractivity contribution is 6.09. The van der Waals surface area contributed by atoms with E-state index in [0.29, 0.717) is 5.56 Å². The lowest BCUT2D eigenvalue weighted by molar-refractivity contribution is 0.102. The summed E-state index contributed by atoms with van der Waals surface area (Å²) in [5.41, 5.74) is 4.29. The molecular formula is C22H19N3O. The number of benzene rings is 3. The third kappa shape index (κ3) is 2.86. The summed E-state index contributed by atoms with van der Waals surface area (Å²) in [5, 5.41) is 9.55. The highest BCUT2D eigenvalue weighted by atomic mass is 16.1. The van der Waals surface area contributed by atoms with Crippen LogP contribution in [0.1, 0.15) is 21.6 Å². The zero-order valence-electron chi connectivity index (χ0n) is 14.7. The summed E-state index contributed by atoms with van der Waals surface area (Å²) in [6, 6.07) is 22.0. The minimum Gasteiger partial charge on any atom is -0.321 e. The molecule has 0 atom stereocenters. The van der Waals surface area contributed by atoms with E-state index in [-0.39, 0.29) is 5.91 Å². The molecule has 0 saturated heterocycles. The first-order chi connectivity index (χ1) is 12.6. The van der Waals surface area contributed by atoms with Crippen LogP contribution < -0.4 is 5.32 Å². The molecule has 128 valence electrons. The van der Waals surface area contributed by atoms with Crippen LogP contribution in [0.3, 0.4) is 0 Å². The van der Waals surface area contributed by atoms with Crippen molar-refractivity contribution in [3.8, 4) is 5.69 Å².